The molecular formula is C21H20ClN3O3. The van der Waals surface area contributed by atoms with Crippen LogP contribution in [0.3, 0.4) is 0 Å². The van der Waals surface area contributed by atoms with Gasteiger partial charge < -0.3 is 9.30 Å². The van der Waals surface area contributed by atoms with Crippen molar-refractivity contribution < 1.29 is 14.3 Å². The van der Waals surface area contributed by atoms with Crippen molar-refractivity contribution in [3.05, 3.63) is 81.7 Å². The Morgan fingerprint density at radius 1 is 1.11 bits per heavy atom. The Morgan fingerprint density at radius 2 is 1.86 bits per heavy atom. The van der Waals surface area contributed by atoms with E-state index in [4.69, 9.17) is 16.3 Å². The summed E-state index contributed by atoms with van der Waals surface area (Å²) >= 11 is 6.25. The minimum absolute atomic E-state index is 0.0718. The van der Waals surface area contributed by atoms with E-state index in [1.54, 1.807) is 13.0 Å². The van der Waals surface area contributed by atoms with Gasteiger partial charge >= 0.3 is 5.97 Å². The third-order valence-electron chi connectivity index (χ3n) is 4.48. The van der Waals surface area contributed by atoms with E-state index in [1.807, 2.05) is 42.7 Å². The third kappa shape index (κ3) is 4.28. The van der Waals surface area contributed by atoms with Gasteiger partial charge in [0.2, 0.25) is 5.78 Å². The lowest BCUT2D eigenvalue weighted by molar-refractivity contribution is 0.0468. The van der Waals surface area contributed by atoms with Crippen molar-refractivity contribution in [3.63, 3.8) is 0 Å². The van der Waals surface area contributed by atoms with E-state index in [-0.39, 0.29) is 18.1 Å². The Balaban J connectivity index is 1.71. The smallest absolute Gasteiger partial charge is 0.358 e. The first-order valence-electron chi connectivity index (χ1n) is 8.76. The number of nitrogens with zero attached hydrogens (tertiary/aromatic N) is 3. The van der Waals surface area contributed by atoms with Crippen molar-refractivity contribution in [2.45, 2.75) is 27.3 Å². The molecule has 0 amide bonds. The predicted molar refractivity (Wildman–Crippen MR) is 106 cm³/mol. The molecule has 3 rings (SSSR count). The maximum Gasteiger partial charge on any atom is 0.358 e. The fourth-order valence-electron chi connectivity index (χ4n) is 2.90. The average Bonchev–Trinajstić information content (AvgIpc) is 2.96. The molecule has 0 bridgehead atoms. The average molecular weight is 398 g/mol. The van der Waals surface area contributed by atoms with Crippen molar-refractivity contribution in [1.82, 2.24) is 14.5 Å². The molecule has 0 saturated carbocycles. The van der Waals surface area contributed by atoms with Gasteiger partial charge in [0, 0.05) is 34.7 Å². The summed E-state index contributed by atoms with van der Waals surface area (Å²) in [5.41, 5.74) is 3.98. The molecule has 0 aliphatic rings. The van der Waals surface area contributed by atoms with Gasteiger partial charge in [0.1, 0.15) is 0 Å². The third-order valence-corrected chi connectivity index (χ3v) is 4.85. The van der Waals surface area contributed by atoms with Crippen LogP contribution < -0.4 is 0 Å². The lowest BCUT2D eigenvalue weighted by Gasteiger charge is -2.11. The molecule has 0 saturated heterocycles. The summed E-state index contributed by atoms with van der Waals surface area (Å²) in [5, 5.41) is 0.677. The number of hydrogen-bond acceptors (Lipinski definition) is 5. The molecule has 0 spiro atoms. The predicted octanol–water partition coefficient (Wildman–Crippen LogP) is 3.94. The zero-order valence-electron chi connectivity index (χ0n) is 15.9. The number of hydrogen-bond donors (Lipinski definition) is 0. The molecule has 0 N–H and O–H groups in total. The summed E-state index contributed by atoms with van der Waals surface area (Å²) in [5.74, 6) is -0.947. The van der Waals surface area contributed by atoms with Crippen LogP contribution in [0.4, 0.5) is 0 Å². The molecule has 0 atom stereocenters. The van der Waals surface area contributed by atoms with Crippen LogP contribution in [0, 0.1) is 20.8 Å². The minimum atomic E-state index is -0.675. The lowest BCUT2D eigenvalue weighted by atomic mass is 10.1. The number of benzene rings is 1. The van der Waals surface area contributed by atoms with Gasteiger partial charge in [0.15, 0.2) is 12.3 Å². The first kappa shape index (κ1) is 19.8. The number of ether oxygens (including phenoxy) is 1. The zero-order chi connectivity index (χ0) is 20.3. The highest BCUT2D eigenvalue weighted by Crippen LogP contribution is 2.21. The standard InChI is InChI=1S/C21H20ClN3O3/c1-13-9-24-19(10-23-13)21(27)28-12-20(26)17-8-14(2)25(15(17)3)11-16-6-4-5-7-18(16)22/h4-10H,11-12H2,1-3H3. The summed E-state index contributed by atoms with van der Waals surface area (Å²) in [6, 6.07) is 9.39. The van der Waals surface area contributed by atoms with Crippen molar-refractivity contribution in [3.8, 4) is 0 Å². The van der Waals surface area contributed by atoms with Crippen LogP contribution in [-0.4, -0.2) is 32.9 Å². The molecule has 0 unspecified atom stereocenters. The first-order valence-corrected chi connectivity index (χ1v) is 9.13. The van der Waals surface area contributed by atoms with Gasteiger partial charge in [-0.3, -0.25) is 9.78 Å². The highest BCUT2D eigenvalue weighted by Gasteiger charge is 2.19. The van der Waals surface area contributed by atoms with Crippen LogP contribution in [0.5, 0.6) is 0 Å². The molecule has 0 radical (unpaired) electrons. The molecular weight excluding hydrogens is 378 g/mol. The van der Waals surface area contributed by atoms with Crippen LogP contribution in [-0.2, 0) is 11.3 Å². The Morgan fingerprint density at radius 3 is 2.54 bits per heavy atom. The number of rotatable bonds is 6. The van der Waals surface area contributed by atoms with Crippen LogP contribution in [0.2, 0.25) is 5.02 Å². The van der Waals surface area contributed by atoms with Gasteiger partial charge in [-0.25, -0.2) is 9.78 Å². The van der Waals surface area contributed by atoms with E-state index in [2.05, 4.69) is 9.97 Å². The van der Waals surface area contributed by atoms with E-state index >= 15 is 0 Å². The SMILES string of the molecule is Cc1cnc(C(=O)OCC(=O)c2cc(C)n(Cc3ccccc3Cl)c2C)cn1. The fraction of sp³-hybridized carbons (Fsp3) is 0.238. The maximum atomic E-state index is 12.6. The van der Waals surface area contributed by atoms with Gasteiger partial charge in [0.05, 0.1) is 11.9 Å². The minimum Gasteiger partial charge on any atom is -0.453 e. The number of Topliss-reactive ketones (excluding diaryl/α,β-unsaturated/α-hetero) is 1. The van der Waals surface area contributed by atoms with Crippen molar-refractivity contribution in [2.75, 3.05) is 6.61 Å². The molecule has 6 nitrogen and oxygen atoms in total. The molecule has 2 aromatic heterocycles. The lowest BCUT2D eigenvalue weighted by Crippen LogP contribution is -2.16. The molecule has 0 aliphatic heterocycles. The van der Waals surface area contributed by atoms with E-state index < -0.39 is 5.97 Å². The number of esters is 1. The number of aromatic nitrogens is 3. The number of carbonyl (C=O) groups is 2. The summed E-state index contributed by atoms with van der Waals surface area (Å²) in [6.07, 6.45) is 2.80. The number of carbonyl (C=O) groups excluding carboxylic acids is 2. The molecule has 0 fully saturated rings. The highest BCUT2D eigenvalue weighted by molar-refractivity contribution is 6.31. The Kier molecular flexibility index (Phi) is 5.90. The molecule has 0 aliphatic carbocycles. The summed E-state index contributed by atoms with van der Waals surface area (Å²) in [4.78, 5) is 32.6. The Labute approximate surface area is 168 Å². The second-order valence-electron chi connectivity index (χ2n) is 6.50. The molecule has 28 heavy (non-hydrogen) atoms. The second kappa shape index (κ2) is 8.35. The topological polar surface area (TPSA) is 74.1 Å². The normalized spacial score (nSPS) is 10.7. The van der Waals surface area contributed by atoms with Gasteiger partial charge in [0.25, 0.3) is 0 Å². The van der Waals surface area contributed by atoms with Crippen molar-refractivity contribution in [2.24, 2.45) is 0 Å². The van der Waals surface area contributed by atoms with E-state index in [0.29, 0.717) is 22.8 Å². The Hall–Kier alpha value is -2.99. The largest absolute Gasteiger partial charge is 0.453 e. The number of aryl methyl sites for hydroxylation is 2. The van der Waals surface area contributed by atoms with Gasteiger partial charge in [-0.2, -0.15) is 0 Å². The van der Waals surface area contributed by atoms with Gasteiger partial charge in [-0.05, 0) is 38.5 Å². The van der Waals surface area contributed by atoms with E-state index in [0.717, 1.165) is 17.0 Å². The van der Waals surface area contributed by atoms with E-state index in [9.17, 15) is 9.59 Å². The van der Waals surface area contributed by atoms with E-state index in [1.165, 1.54) is 12.4 Å². The van der Waals surface area contributed by atoms with Crippen LogP contribution in [0.25, 0.3) is 0 Å². The first-order chi connectivity index (χ1) is 13.4. The molecule has 144 valence electrons. The molecule has 2 heterocycles. The zero-order valence-corrected chi connectivity index (χ0v) is 16.7. The highest BCUT2D eigenvalue weighted by atomic mass is 35.5. The molecule has 1 aromatic carbocycles. The second-order valence-corrected chi connectivity index (χ2v) is 6.91. The number of ketones is 1. The number of halogens is 1. The monoisotopic (exact) mass is 397 g/mol. The van der Waals surface area contributed by atoms with Gasteiger partial charge in [-0.15, -0.1) is 0 Å². The molecule has 7 heteroatoms. The summed E-state index contributed by atoms with van der Waals surface area (Å²) in [7, 11) is 0. The van der Waals surface area contributed by atoms with Crippen LogP contribution in [0.15, 0.2) is 42.7 Å². The fourth-order valence-corrected chi connectivity index (χ4v) is 3.10. The van der Waals surface area contributed by atoms with Crippen molar-refractivity contribution in [1.29, 1.82) is 0 Å². The van der Waals surface area contributed by atoms with Gasteiger partial charge in [-0.1, -0.05) is 29.8 Å². The Bertz CT molecular complexity index is 1030. The summed E-state index contributed by atoms with van der Waals surface area (Å²) < 4.78 is 7.12. The molecule has 3 aromatic rings. The van der Waals surface area contributed by atoms with Crippen molar-refractivity contribution >= 4 is 23.4 Å². The summed E-state index contributed by atoms with van der Waals surface area (Å²) in [6.45, 7) is 5.76. The van der Waals surface area contributed by atoms with Crippen LogP contribution >= 0.6 is 11.6 Å². The van der Waals surface area contributed by atoms with Crippen LogP contribution in [0.1, 0.15) is 43.5 Å². The quantitative estimate of drug-likeness (QED) is 0.465. The maximum absolute atomic E-state index is 12.6.